The average Bonchev–Trinajstić information content (AvgIpc) is 2.58. The zero-order chi connectivity index (χ0) is 14.3. The number of hydrogen-bond donors (Lipinski definition) is 0. The summed E-state index contributed by atoms with van der Waals surface area (Å²) >= 11 is 1.68. The molecular weight excluding hydrogens is 259 g/mol. The van der Waals surface area contributed by atoms with Gasteiger partial charge in [0.15, 0.2) is 0 Å². The van der Waals surface area contributed by atoms with Crippen LogP contribution in [0.1, 0.15) is 27.7 Å². The average molecular weight is 280 g/mol. The van der Waals surface area contributed by atoms with E-state index in [1.54, 1.807) is 18.9 Å². The summed E-state index contributed by atoms with van der Waals surface area (Å²) in [5.41, 5.74) is 0.364. The van der Waals surface area contributed by atoms with Crippen molar-refractivity contribution in [2.24, 2.45) is 0 Å². The van der Waals surface area contributed by atoms with Crippen LogP contribution in [0.15, 0.2) is 23.1 Å². The van der Waals surface area contributed by atoms with Gasteiger partial charge in [0, 0.05) is 4.90 Å². The van der Waals surface area contributed by atoms with Gasteiger partial charge in [-0.25, -0.2) is 0 Å². The van der Waals surface area contributed by atoms with Gasteiger partial charge in [-0.15, -0.1) is 11.8 Å². The molecule has 0 aromatic heterocycles. The Kier molecular flexibility index (Phi) is 3.91. The van der Waals surface area contributed by atoms with Crippen molar-refractivity contribution in [2.45, 2.75) is 43.8 Å². The second kappa shape index (κ2) is 5.04. The lowest BCUT2D eigenvalue weighted by Gasteiger charge is -2.32. The van der Waals surface area contributed by atoms with E-state index in [1.165, 1.54) is 0 Å². The van der Waals surface area contributed by atoms with Crippen LogP contribution in [0.25, 0.3) is 0 Å². The molecule has 1 aliphatic rings. The zero-order valence-electron chi connectivity index (χ0n) is 12.4. The quantitative estimate of drug-likeness (QED) is 0.628. The Morgan fingerprint density at radius 2 is 1.63 bits per heavy atom. The summed E-state index contributed by atoms with van der Waals surface area (Å²) in [6.07, 6.45) is 2.04. The van der Waals surface area contributed by atoms with Crippen LogP contribution in [0.5, 0.6) is 5.75 Å². The second-order valence-corrected chi connectivity index (χ2v) is 6.61. The smallest absolute Gasteiger partial charge is 0.495 e. The molecule has 0 aliphatic carbocycles. The van der Waals surface area contributed by atoms with Gasteiger partial charge in [0.05, 0.1) is 18.3 Å². The molecule has 1 aromatic carbocycles. The lowest BCUT2D eigenvalue weighted by atomic mass is 9.79. The minimum absolute atomic E-state index is 0.319. The third-order valence-electron chi connectivity index (χ3n) is 3.90. The third kappa shape index (κ3) is 2.78. The molecular formula is C14H21BO3S. The molecule has 0 bridgehead atoms. The fraction of sp³-hybridized carbons (Fsp3) is 0.571. The van der Waals surface area contributed by atoms with Crippen molar-refractivity contribution in [2.75, 3.05) is 13.4 Å². The van der Waals surface area contributed by atoms with Gasteiger partial charge in [0.2, 0.25) is 0 Å². The van der Waals surface area contributed by atoms with Gasteiger partial charge in [-0.2, -0.15) is 0 Å². The van der Waals surface area contributed by atoms with Crippen molar-refractivity contribution in [1.29, 1.82) is 0 Å². The molecule has 1 fully saturated rings. The number of rotatable bonds is 3. The third-order valence-corrected chi connectivity index (χ3v) is 4.61. The highest BCUT2D eigenvalue weighted by Crippen LogP contribution is 2.37. The van der Waals surface area contributed by atoms with E-state index in [4.69, 9.17) is 14.0 Å². The lowest BCUT2D eigenvalue weighted by molar-refractivity contribution is 0.00578. The predicted octanol–water partition coefficient (Wildman–Crippen LogP) is 2.72. The van der Waals surface area contributed by atoms with E-state index in [1.807, 2.05) is 18.4 Å². The van der Waals surface area contributed by atoms with Crippen LogP contribution in [0, 0.1) is 0 Å². The first kappa shape index (κ1) is 14.8. The standard InChI is InChI=1S/C14H21BO3S/c1-13(2)14(3,4)18-15(17-13)10-7-11(16-5)9-12(8-10)19-6/h7-9H,1-6H3. The van der Waals surface area contributed by atoms with Crippen LogP contribution >= 0.6 is 11.8 Å². The van der Waals surface area contributed by atoms with Crippen molar-refractivity contribution in [3.05, 3.63) is 18.2 Å². The maximum absolute atomic E-state index is 6.06. The van der Waals surface area contributed by atoms with Crippen molar-refractivity contribution in [3.8, 4) is 5.75 Å². The summed E-state index contributed by atoms with van der Waals surface area (Å²) in [5, 5.41) is 0. The Morgan fingerprint density at radius 1 is 1.05 bits per heavy atom. The largest absolute Gasteiger partial charge is 0.497 e. The van der Waals surface area contributed by atoms with Gasteiger partial charge >= 0.3 is 7.12 Å². The van der Waals surface area contributed by atoms with Crippen LogP contribution in [-0.2, 0) is 9.31 Å². The minimum atomic E-state index is -0.342. The van der Waals surface area contributed by atoms with Gasteiger partial charge in [0.1, 0.15) is 5.75 Å². The highest BCUT2D eigenvalue weighted by atomic mass is 32.2. The molecule has 0 atom stereocenters. The summed E-state index contributed by atoms with van der Waals surface area (Å²) in [6, 6.07) is 6.08. The molecule has 0 amide bonds. The number of hydrogen-bond acceptors (Lipinski definition) is 4. The van der Waals surface area contributed by atoms with Crippen molar-refractivity contribution in [1.82, 2.24) is 0 Å². The summed E-state index contributed by atoms with van der Waals surface area (Å²) in [6.45, 7) is 8.23. The van der Waals surface area contributed by atoms with Gasteiger partial charge in [-0.3, -0.25) is 0 Å². The molecule has 0 radical (unpaired) electrons. The molecule has 0 spiro atoms. The summed E-state index contributed by atoms with van der Waals surface area (Å²) in [4.78, 5) is 1.14. The van der Waals surface area contributed by atoms with Crippen LogP contribution in [-0.4, -0.2) is 31.7 Å². The van der Waals surface area contributed by atoms with Crippen LogP contribution in [0.4, 0.5) is 0 Å². The monoisotopic (exact) mass is 280 g/mol. The highest BCUT2D eigenvalue weighted by Gasteiger charge is 2.51. The second-order valence-electron chi connectivity index (χ2n) is 5.73. The predicted molar refractivity (Wildman–Crippen MR) is 80.5 cm³/mol. The van der Waals surface area contributed by atoms with E-state index in [0.717, 1.165) is 16.1 Å². The number of methoxy groups -OCH3 is 1. The first-order valence-corrected chi connectivity index (χ1v) is 7.60. The Hall–Kier alpha value is -0.645. The van der Waals surface area contributed by atoms with Crippen LogP contribution in [0.3, 0.4) is 0 Å². The van der Waals surface area contributed by atoms with Gasteiger partial charge in [0.25, 0.3) is 0 Å². The molecule has 19 heavy (non-hydrogen) atoms. The molecule has 0 N–H and O–H groups in total. The Morgan fingerprint density at radius 3 is 2.11 bits per heavy atom. The van der Waals surface area contributed by atoms with Gasteiger partial charge in [-0.05, 0) is 57.6 Å². The van der Waals surface area contributed by atoms with Crippen molar-refractivity contribution < 1.29 is 14.0 Å². The topological polar surface area (TPSA) is 27.7 Å². The van der Waals surface area contributed by atoms with E-state index in [0.29, 0.717) is 0 Å². The zero-order valence-corrected chi connectivity index (χ0v) is 13.3. The molecule has 2 rings (SSSR count). The minimum Gasteiger partial charge on any atom is -0.497 e. The SMILES string of the molecule is COc1cc(SC)cc(B2OC(C)(C)C(C)(C)O2)c1. The number of thioether (sulfide) groups is 1. The highest BCUT2D eigenvalue weighted by molar-refractivity contribution is 7.98. The van der Waals surface area contributed by atoms with E-state index in [-0.39, 0.29) is 18.3 Å². The Labute approximate surface area is 120 Å². The summed E-state index contributed by atoms with van der Waals surface area (Å²) in [7, 11) is 1.33. The van der Waals surface area contributed by atoms with Crippen LogP contribution < -0.4 is 10.2 Å². The van der Waals surface area contributed by atoms with E-state index >= 15 is 0 Å². The normalized spacial score (nSPS) is 20.6. The maximum atomic E-state index is 6.06. The summed E-state index contributed by atoms with van der Waals surface area (Å²) in [5.74, 6) is 0.830. The molecule has 0 unspecified atom stereocenters. The first-order valence-electron chi connectivity index (χ1n) is 6.38. The molecule has 104 valence electrons. The molecule has 1 aliphatic heterocycles. The molecule has 0 saturated carbocycles. The fourth-order valence-corrected chi connectivity index (χ4v) is 2.43. The van der Waals surface area contributed by atoms with Crippen molar-refractivity contribution >= 4 is 24.3 Å². The van der Waals surface area contributed by atoms with E-state index in [9.17, 15) is 0 Å². The van der Waals surface area contributed by atoms with Gasteiger partial charge < -0.3 is 14.0 Å². The van der Waals surface area contributed by atoms with E-state index in [2.05, 4.69) is 33.8 Å². The molecule has 3 nitrogen and oxygen atoms in total. The number of ether oxygens (including phenoxy) is 1. The number of benzene rings is 1. The van der Waals surface area contributed by atoms with E-state index < -0.39 is 0 Å². The van der Waals surface area contributed by atoms with Crippen molar-refractivity contribution in [3.63, 3.8) is 0 Å². The molecule has 1 heterocycles. The lowest BCUT2D eigenvalue weighted by Crippen LogP contribution is -2.41. The molecule has 1 saturated heterocycles. The van der Waals surface area contributed by atoms with Crippen LogP contribution in [0.2, 0.25) is 0 Å². The Balaban J connectivity index is 2.33. The molecule has 1 aromatic rings. The maximum Gasteiger partial charge on any atom is 0.495 e. The summed E-state index contributed by atoms with van der Waals surface area (Å²) < 4.78 is 17.5. The fourth-order valence-electron chi connectivity index (χ4n) is 1.94. The Bertz CT molecular complexity index is 436. The van der Waals surface area contributed by atoms with Gasteiger partial charge in [-0.1, -0.05) is 0 Å². The molecule has 5 heteroatoms. The first-order chi connectivity index (χ1) is 8.79.